The number of carbonyl (C=O) groups is 1. The number of rotatable bonds is 5. The number of nitrogens with one attached hydrogen (secondary N) is 2. The normalized spacial score (nSPS) is 22.0. The molecule has 0 radical (unpaired) electrons. The van der Waals surface area contributed by atoms with Crippen LogP contribution in [0.5, 0.6) is 0 Å². The topological polar surface area (TPSA) is 71.8 Å². The van der Waals surface area contributed by atoms with E-state index in [2.05, 4.69) is 34.8 Å². The minimum Gasteiger partial charge on any atom is -0.348 e. The van der Waals surface area contributed by atoms with Gasteiger partial charge in [-0.2, -0.15) is 0 Å². The molecule has 1 aromatic heterocycles. The Hall–Kier alpha value is -1.14. The summed E-state index contributed by atoms with van der Waals surface area (Å²) in [6.45, 7) is 6.39. The quantitative estimate of drug-likeness (QED) is 0.837. The molecule has 1 aliphatic heterocycles. The first-order chi connectivity index (χ1) is 11.6. The molecule has 6 nitrogen and oxygen atoms in total. The lowest BCUT2D eigenvalue weighted by Crippen LogP contribution is -2.40. The van der Waals surface area contributed by atoms with Crippen molar-refractivity contribution in [3.05, 3.63) is 11.9 Å². The van der Waals surface area contributed by atoms with Crippen molar-refractivity contribution in [3.63, 3.8) is 0 Å². The molecule has 1 saturated heterocycles. The first-order valence-electron chi connectivity index (χ1n) is 9.58. The third-order valence-electron chi connectivity index (χ3n) is 5.97. The fraction of sp³-hybridized carbons (Fsp3) is 0.833. The van der Waals surface area contributed by atoms with E-state index in [4.69, 9.17) is 0 Å². The molecule has 2 unspecified atom stereocenters. The SMILES string of the molecule is CC(NC(=O)c1cn(C2CCNCC2)nn1)C(C)C1CCCCC1.Cl. The van der Waals surface area contributed by atoms with Gasteiger partial charge in [0.05, 0.1) is 12.2 Å². The Balaban J connectivity index is 0.00000225. The lowest BCUT2D eigenvalue weighted by Gasteiger charge is -2.32. The predicted molar refractivity (Wildman–Crippen MR) is 101 cm³/mol. The molecule has 2 N–H and O–H groups in total. The first-order valence-corrected chi connectivity index (χ1v) is 9.58. The molecular formula is C18H32ClN5O. The van der Waals surface area contributed by atoms with Crippen molar-refractivity contribution < 1.29 is 4.79 Å². The van der Waals surface area contributed by atoms with Crippen molar-refractivity contribution in [2.24, 2.45) is 11.8 Å². The van der Waals surface area contributed by atoms with Crippen LogP contribution in [-0.4, -0.2) is 40.0 Å². The number of aromatic nitrogens is 3. The fourth-order valence-corrected chi connectivity index (χ4v) is 4.11. The van der Waals surface area contributed by atoms with E-state index in [0.29, 0.717) is 17.7 Å². The number of amides is 1. The summed E-state index contributed by atoms with van der Waals surface area (Å²) in [7, 11) is 0. The second kappa shape index (κ2) is 9.53. The Kier molecular flexibility index (Phi) is 7.69. The van der Waals surface area contributed by atoms with Crippen LogP contribution < -0.4 is 10.6 Å². The molecule has 142 valence electrons. The van der Waals surface area contributed by atoms with Gasteiger partial charge in [-0.3, -0.25) is 4.79 Å². The van der Waals surface area contributed by atoms with Gasteiger partial charge in [0, 0.05) is 6.04 Å². The number of nitrogens with zero attached hydrogens (tertiary/aromatic N) is 3. The first kappa shape index (κ1) is 20.2. The second-order valence-electron chi connectivity index (χ2n) is 7.58. The van der Waals surface area contributed by atoms with Crippen molar-refractivity contribution in [3.8, 4) is 0 Å². The largest absolute Gasteiger partial charge is 0.348 e. The van der Waals surface area contributed by atoms with Crippen molar-refractivity contribution in [1.29, 1.82) is 0 Å². The van der Waals surface area contributed by atoms with Gasteiger partial charge in [0.2, 0.25) is 0 Å². The Morgan fingerprint density at radius 3 is 2.56 bits per heavy atom. The van der Waals surface area contributed by atoms with Crippen LogP contribution in [0.2, 0.25) is 0 Å². The van der Waals surface area contributed by atoms with E-state index in [-0.39, 0.29) is 24.4 Å². The van der Waals surface area contributed by atoms with E-state index in [1.54, 1.807) is 0 Å². The van der Waals surface area contributed by atoms with Crippen molar-refractivity contribution in [1.82, 2.24) is 25.6 Å². The summed E-state index contributed by atoms with van der Waals surface area (Å²) in [5.41, 5.74) is 0.441. The molecule has 1 aromatic rings. The molecule has 1 aliphatic carbocycles. The molecule has 7 heteroatoms. The summed E-state index contributed by atoms with van der Waals surface area (Å²) >= 11 is 0. The van der Waals surface area contributed by atoms with Crippen LogP contribution in [0, 0.1) is 11.8 Å². The molecule has 2 atom stereocenters. The van der Waals surface area contributed by atoms with Crippen LogP contribution in [0.3, 0.4) is 0 Å². The van der Waals surface area contributed by atoms with E-state index >= 15 is 0 Å². The standard InChI is InChI=1S/C18H31N5O.ClH/c1-13(15-6-4-3-5-7-15)14(2)20-18(24)17-12-23(22-21-17)16-8-10-19-11-9-16;/h12-16,19H,3-11H2,1-2H3,(H,20,24);1H. The Morgan fingerprint density at radius 1 is 1.20 bits per heavy atom. The summed E-state index contributed by atoms with van der Waals surface area (Å²) < 4.78 is 1.87. The van der Waals surface area contributed by atoms with Crippen LogP contribution in [-0.2, 0) is 0 Å². The van der Waals surface area contributed by atoms with Gasteiger partial charge in [-0.15, -0.1) is 17.5 Å². The average molecular weight is 370 g/mol. The van der Waals surface area contributed by atoms with Gasteiger partial charge >= 0.3 is 0 Å². The molecule has 25 heavy (non-hydrogen) atoms. The average Bonchev–Trinajstić information content (AvgIpc) is 3.13. The lowest BCUT2D eigenvalue weighted by molar-refractivity contribution is 0.0906. The van der Waals surface area contributed by atoms with Crippen molar-refractivity contribution in [2.45, 2.75) is 70.9 Å². The molecule has 2 fully saturated rings. The smallest absolute Gasteiger partial charge is 0.273 e. The molecule has 1 saturated carbocycles. The zero-order chi connectivity index (χ0) is 16.9. The molecule has 3 rings (SSSR count). The maximum atomic E-state index is 12.5. The molecule has 0 aromatic carbocycles. The van der Waals surface area contributed by atoms with Gasteiger partial charge in [-0.1, -0.05) is 44.2 Å². The summed E-state index contributed by atoms with van der Waals surface area (Å²) in [6.07, 6.45) is 10.5. The highest BCUT2D eigenvalue weighted by Gasteiger charge is 2.26. The van der Waals surface area contributed by atoms with Gasteiger partial charge in [0.25, 0.3) is 5.91 Å². The lowest BCUT2D eigenvalue weighted by atomic mass is 9.78. The molecule has 2 aliphatic rings. The van der Waals surface area contributed by atoms with Crippen LogP contribution in [0.25, 0.3) is 0 Å². The van der Waals surface area contributed by atoms with Crippen LogP contribution in [0.15, 0.2) is 6.20 Å². The van der Waals surface area contributed by atoms with Crippen molar-refractivity contribution in [2.75, 3.05) is 13.1 Å². The van der Waals surface area contributed by atoms with E-state index in [9.17, 15) is 4.79 Å². The van der Waals surface area contributed by atoms with E-state index in [1.165, 1.54) is 32.1 Å². The zero-order valence-electron chi connectivity index (χ0n) is 15.4. The summed E-state index contributed by atoms with van der Waals surface area (Å²) in [4.78, 5) is 12.5. The van der Waals surface area contributed by atoms with Crippen molar-refractivity contribution >= 4 is 18.3 Å². The fourth-order valence-electron chi connectivity index (χ4n) is 4.11. The highest BCUT2D eigenvalue weighted by molar-refractivity contribution is 5.92. The van der Waals surface area contributed by atoms with Crippen LogP contribution in [0.4, 0.5) is 0 Å². The highest BCUT2D eigenvalue weighted by atomic mass is 35.5. The third-order valence-corrected chi connectivity index (χ3v) is 5.97. The Bertz CT molecular complexity index is 537. The number of carbonyl (C=O) groups excluding carboxylic acids is 1. The second-order valence-corrected chi connectivity index (χ2v) is 7.58. The van der Waals surface area contributed by atoms with Gasteiger partial charge in [0.15, 0.2) is 5.69 Å². The predicted octanol–water partition coefficient (Wildman–Crippen LogP) is 2.96. The maximum absolute atomic E-state index is 12.5. The number of hydrogen-bond donors (Lipinski definition) is 2. The summed E-state index contributed by atoms with van der Waals surface area (Å²) in [6, 6.07) is 0.531. The molecular weight excluding hydrogens is 338 g/mol. The van der Waals surface area contributed by atoms with Gasteiger partial charge in [0.1, 0.15) is 0 Å². The molecule has 0 spiro atoms. The number of hydrogen-bond acceptors (Lipinski definition) is 4. The van der Waals surface area contributed by atoms with E-state index < -0.39 is 0 Å². The molecule has 2 heterocycles. The van der Waals surface area contributed by atoms with Crippen LogP contribution in [0.1, 0.15) is 75.3 Å². The molecule has 0 bridgehead atoms. The Labute approximate surface area is 156 Å². The summed E-state index contributed by atoms with van der Waals surface area (Å²) in [5, 5.41) is 14.8. The number of halogens is 1. The monoisotopic (exact) mass is 369 g/mol. The summed E-state index contributed by atoms with van der Waals surface area (Å²) in [5.74, 6) is 1.15. The van der Waals surface area contributed by atoms with Gasteiger partial charge < -0.3 is 10.6 Å². The van der Waals surface area contributed by atoms with Crippen LogP contribution >= 0.6 is 12.4 Å². The minimum absolute atomic E-state index is 0. The minimum atomic E-state index is -0.0923. The molecule has 1 amide bonds. The zero-order valence-corrected chi connectivity index (χ0v) is 16.2. The van der Waals surface area contributed by atoms with Gasteiger partial charge in [-0.05, 0) is 44.7 Å². The maximum Gasteiger partial charge on any atom is 0.273 e. The van der Waals surface area contributed by atoms with E-state index in [1.807, 2.05) is 10.9 Å². The highest BCUT2D eigenvalue weighted by Crippen LogP contribution is 2.31. The number of piperidine rings is 1. The van der Waals surface area contributed by atoms with Gasteiger partial charge in [-0.25, -0.2) is 4.68 Å². The Morgan fingerprint density at radius 2 is 1.88 bits per heavy atom. The third kappa shape index (κ3) is 5.17. The van der Waals surface area contributed by atoms with E-state index in [0.717, 1.165) is 31.8 Å².